The van der Waals surface area contributed by atoms with E-state index in [1.807, 2.05) is 32.0 Å². The van der Waals surface area contributed by atoms with Gasteiger partial charge in [0.2, 0.25) is 5.91 Å². The Morgan fingerprint density at radius 3 is 2.39 bits per heavy atom. The molecule has 0 aromatic heterocycles. The molecule has 98 valence electrons. The summed E-state index contributed by atoms with van der Waals surface area (Å²) in [7, 11) is 1.62. The van der Waals surface area contributed by atoms with Crippen LogP contribution in [-0.2, 0) is 16.1 Å². The number of hydrogen-bond donors (Lipinski definition) is 1. The molecule has 1 amide bonds. The fraction of sp³-hybridized carbons (Fsp3) is 0.429. The summed E-state index contributed by atoms with van der Waals surface area (Å²) in [6, 6.07) is 5.98. The second-order valence-electron chi connectivity index (χ2n) is 4.67. The van der Waals surface area contributed by atoms with Gasteiger partial charge in [0.15, 0.2) is 0 Å². The minimum atomic E-state index is -1.09. The number of rotatable bonds is 4. The predicted octanol–water partition coefficient (Wildman–Crippen LogP) is 1.98. The van der Waals surface area contributed by atoms with Gasteiger partial charge in [-0.3, -0.25) is 9.59 Å². The SMILES string of the molecule is Cc1ccc(CN(C)C(=O)C(C)C(=O)O)cc1C. The molecular weight excluding hydrogens is 230 g/mol. The summed E-state index contributed by atoms with van der Waals surface area (Å²) in [6.45, 7) is 5.88. The number of carbonyl (C=O) groups is 2. The normalized spacial score (nSPS) is 12.0. The molecule has 1 aromatic carbocycles. The molecule has 0 aliphatic rings. The number of hydrogen-bond acceptors (Lipinski definition) is 2. The number of amides is 1. The van der Waals surface area contributed by atoms with Crippen LogP contribution in [0.3, 0.4) is 0 Å². The molecule has 4 heteroatoms. The highest BCUT2D eigenvalue weighted by Gasteiger charge is 2.23. The van der Waals surface area contributed by atoms with Crippen molar-refractivity contribution in [2.45, 2.75) is 27.3 Å². The van der Waals surface area contributed by atoms with Gasteiger partial charge >= 0.3 is 5.97 Å². The van der Waals surface area contributed by atoms with E-state index >= 15 is 0 Å². The van der Waals surface area contributed by atoms with Crippen molar-refractivity contribution < 1.29 is 14.7 Å². The van der Waals surface area contributed by atoms with Crippen molar-refractivity contribution in [1.82, 2.24) is 4.90 Å². The standard InChI is InChI=1S/C14H19NO3/c1-9-5-6-12(7-10(9)2)8-15(4)13(16)11(3)14(17)18/h5-7,11H,8H2,1-4H3,(H,17,18). The third kappa shape index (κ3) is 3.32. The van der Waals surface area contributed by atoms with Crippen molar-refractivity contribution >= 4 is 11.9 Å². The van der Waals surface area contributed by atoms with Gasteiger partial charge in [-0.25, -0.2) is 0 Å². The van der Waals surface area contributed by atoms with E-state index in [4.69, 9.17) is 5.11 Å². The van der Waals surface area contributed by atoms with Crippen molar-refractivity contribution in [2.24, 2.45) is 5.92 Å². The Bertz CT molecular complexity index is 468. The first kappa shape index (κ1) is 14.2. The number of carbonyl (C=O) groups excluding carboxylic acids is 1. The largest absolute Gasteiger partial charge is 0.481 e. The monoisotopic (exact) mass is 249 g/mol. The van der Waals surface area contributed by atoms with Gasteiger partial charge in [-0.05, 0) is 37.5 Å². The van der Waals surface area contributed by atoms with Crippen LogP contribution in [0.1, 0.15) is 23.6 Å². The molecule has 0 spiro atoms. The van der Waals surface area contributed by atoms with Crippen LogP contribution in [0.25, 0.3) is 0 Å². The number of carboxylic acid groups (broad SMARTS) is 1. The summed E-state index contributed by atoms with van der Waals surface area (Å²) < 4.78 is 0. The maximum atomic E-state index is 11.8. The van der Waals surface area contributed by atoms with E-state index in [9.17, 15) is 9.59 Å². The summed E-state index contributed by atoms with van der Waals surface area (Å²) in [5, 5.41) is 8.80. The highest BCUT2D eigenvalue weighted by molar-refractivity contribution is 5.96. The smallest absolute Gasteiger partial charge is 0.315 e. The van der Waals surface area contributed by atoms with Crippen LogP contribution in [-0.4, -0.2) is 28.9 Å². The lowest BCUT2D eigenvalue weighted by Gasteiger charge is -2.20. The molecule has 0 saturated carbocycles. The first-order chi connectivity index (χ1) is 8.32. The Kier molecular flexibility index (Phi) is 4.48. The Hall–Kier alpha value is -1.84. The Balaban J connectivity index is 2.75. The summed E-state index contributed by atoms with van der Waals surface area (Å²) in [4.78, 5) is 24.0. The van der Waals surface area contributed by atoms with Crippen LogP contribution in [0.15, 0.2) is 18.2 Å². The molecule has 0 saturated heterocycles. The van der Waals surface area contributed by atoms with Gasteiger partial charge in [0.25, 0.3) is 0 Å². The van der Waals surface area contributed by atoms with Gasteiger partial charge in [-0.15, -0.1) is 0 Å². The minimum absolute atomic E-state index is 0.374. The van der Waals surface area contributed by atoms with Crippen molar-refractivity contribution in [1.29, 1.82) is 0 Å². The third-order valence-corrected chi connectivity index (χ3v) is 3.11. The summed E-state index contributed by atoms with van der Waals surface area (Å²) in [5.74, 6) is -2.46. The Morgan fingerprint density at radius 2 is 1.89 bits per heavy atom. The predicted molar refractivity (Wildman–Crippen MR) is 69.2 cm³/mol. The van der Waals surface area contributed by atoms with E-state index in [0.29, 0.717) is 6.54 Å². The van der Waals surface area contributed by atoms with Gasteiger partial charge in [-0.2, -0.15) is 0 Å². The molecular formula is C14H19NO3. The fourth-order valence-electron chi connectivity index (χ4n) is 1.69. The molecule has 18 heavy (non-hydrogen) atoms. The molecule has 0 bridgehead atoms. The number of aryl methyl sites for hydroxylation is 2. The second kappa shape index (κ2) is 5.67. The van der Waals surface area contributed by atoms with E-state index in [2.05, 4.69) is 0 Å². The van der Waals surface area contributed by atoms with Gasteiger partial charge in [-0.1, -0.05) is 18.2 Å². The highest BCUT2D eigenvalue weighted by atomic mass is 16.4. The number of benzene rings is 1. The summed E-state index contributed by atoms with van der Waals surface area (Å²) in [6.07, 6.45) is 0. The van der Waals surface area contributed by atoms with Crippen LogP contribution < -0.4 is 0 Å². The molecule has 4 nitrogen and oxygen atoms in total. The molecule has 0 aliphatic carbocycles. The first-order valence-corrected chi connectivity index (χ1v) is 5.87. The van der Waals surface area contributed by atoms with Crippen LogP contribution >= 0.6 is 0 Å². The number of aliphatic carboxylic acids is 1. The zero-order valence-electron chi connectivity index (χ0n) is 11.2. The average molecular weight is 249 g/mol. The van der Waals surface area contributed by atoms with E-state index in [0.717, 1.165) is 5.56 Å². The summed E-state index contributed by atoms with van der Waals surface area (Å²) in [5.41, 5.74) is 3.37. The van der Waals surface area contributed by atoms with Crippen LogP contribution in [0.2, 0.25) is 0 Å². The third-order valence-electron chi connectivity index (χ3n) is 3.11. The van der Waals surface area contributed by atoms with Crippen LogP contribution in [0.4, 0.5) is 0 Å². The quantitative estimate of drug-likeness (QED) is 0.830. The molecule has 1 atom stereocenters. The van der Waals surface area contributed by atoms with Crippen molar-refractivity contribution in [2.75, 3.05) is 7.05 Å². The zero-order valence-corrected chi connectivity index (χ0v) is 11.2. The van der Waals surface area contributed by atoms with Crippen molar-refractivity contribution in [3.63, 3.8) is 0 Å². The average Bonchev–Trinajstić information content (AvgIpc) is 2.31. The minimum Gasteiger partial charge on any atom is -0.481 e. The lowest BCUT2D eigenvalue weighted by atomic mass is 10.1. The van der Waals surface area contributed by atoms with Gasteiger partial charge < -0.3 is 10.0 Å². The molecule has 0 heterocycles. The van der Waals surface area contributed by atoms with E-state index in [1.54, 1.807) is 7.05 Å². The molecule has 0 fully saturated rings. The topological polar surface area (TPSA) is 57.6 Å². The Labute approximate surface area is 107 Å². The lowest BCUT2D eigenvalue weighted by molar-refractivity contribution is -0.149. The fourth-order valence-corrected chi connectivity index (χ4v) is 1.69. The van der Waals surface area contributed by atoms with Gasteiger partial charge in [0.05, 0.1) is 0 Å². The van der Waals surface area contributed by atoms with E-state index in [1.165, 1.54) is 23.0 Å². The molecule has 1 unspecified atom stereocenters. The van der Waals surface area contributed by atoms with Crippen LogP contribution in [0.5, 0.6) is 0 Å². The Morgan fingerprint density at radius 1 is 1.28 bits per heavy atom. The number of carboxylic acids is 1. The lowest BCUT2D eigenvalue weighted by Crippen LogP contribution is -2.34. The molecule has 1 N–H and O–H groups in total. The van der Waals surface area contributed by atoms with Crippen molar-refractivity contribution in [3.05, 3.63) is 34.9 Å². The number of nitrogens with zero attached hydrogens (tertiary/aromatic N) is 1. The first-order valence-electron chi connectivity index (χ1n) is 5.87. The van der Waals surface area contributed by atoms with E-state index in [-0.39, 0.29) is 5.91 Å². The van der Waals surface area contributed by atoms with Gasteiger partial charge in [0.1, 0.15) is 5.92 Å². The van der Waals surface area contributed by atoms with E-state index < -0.39 is 11.9 Å². The van der Waals surface area contributed by atoms with Crippen LogP contribution in [0, 0.1) is 19.8 Å². The second-order valence-corrected chi connectivity index (χ2v) is 4.67. The highest BCUT2D eigenvalue weighted by Crippen LogP contribution is 2.12. The molecule has 1 aromatic rings. The summed E-state index contributed by atoms with van der Waals surface area (Å²) >= 11 is 0. The maximum Gasteiger partial charge on any atom is 0.315 e. The maximum absolute atomic E-state index is 11.8. The zero-order chi connectivity index (χ0) is 13.9. The molecule has 0 radical (unpaired) electrons. The molecule has 0 aliphatic heterocycles. The molecule has 1 rings (SSSR count). The van der Waals surface area contributed by atoms with Gasteiger partial charge in [0, 0.05) is 13.6 Å². The van der Waals surface area contributed by atoms with Crippen molar-refractivity contribution in [3.8, 4) is 0 Å².